The van der Waals surface area contributed by atoms with Crippen LogP contribution in [0.5, 0.6) is 0 Å². The SMILES string of the molecule is CC(NC(=O)CCc1c[nH]c2ccccc12)c1cccs1. The van der Waals surface area contributed by atoms with Crippen molar-refractivity contribution >= 4 is 28.1 Å². The van der Waals surface area contributed by atoms with Crippen LogP contribution < -0.4 is 5.32 Å². The highest BCUT2D eigenvalue weighted by atomic mass is 32.1. The molecule has 0 fully saturated rings. The Morgan fingerprint density at radius 2 is 2.14 bits per heavy atom. The number of H-pyrrole nitrogens is 1. The summed E-state index contributed by atoms with van der Waals surface area (Å²) in [5.74, 6) is 0.0983. The number of aromatic nitrogens is 1. The van der Waals surface area contributed by atoms with E-state index in [4.69, 9.17) is 0 Å². The second-order valence-electron chi connectivity index (χ2n) is 5.16. The van der Waals surface area contributed by atoms with E-state index in [0.29, 0.717) is 6.42 Å². The lowest BCUT2D eigenvalue weighted by Crippen LogP contribution is -2.26. The van der Waals surface area contributed by atoms with Crippen LogP contribution in [0.3, 0.4) is 0 Å². The van der Waals surface area contributed by atoms with Crippen LogP contribution in [-0.2, 0) is 11.2 Å². The summed E-state index contributed by atoms with van der Waals surface area (Å²) in [5.41, 5.74) is 2.32. The highest BCUT2D eigenvalue weighted by molar-refractivity contribution is 7.10. The van der Waals surface area contributed by atoms with Crippen LogP contribution in [0.1, 0.15) is 29.8 Å². The number of aromatic amines is 1. The number of benzene rings is 1. The number of nitrogens with one attached hydrogen (secondary N) is 2. The van der Waals surface area contributed by atoms with Gasteiger partial charge in [-0.2, -0.15) is 0 Å². The molecule has 0 bridgehead atoms. The first-order valence-electron chi connectivity index (χ1n) is 7.12. The number of thiophene rings is 1. The van der Waals surface area contributed by atoms with Crippen LogP contribution in [0.2, 0.25) is 0 Å². The van der Waals surface area contributed by atoms with Crippen molar-refractivity contribution in [1.82, 2.24) is 10.3 Å². The third-order valence-corrected chi connectivity index (χ3v) is 4.70. The molecule has 3 aromatic rings. The Kier molecular flexibility index (Phi) is 4.06. The third-order valence-electron chi connectivity index (χ3n) is 3.64. The lowest BCUT2D eigenvalue weighted by atomic mass is 10.1. The van der Waals surface area contributed by atoms with E-state index in [0.717, 1.165) is 11.9 Å². The van der Waals surface area contributed by atoms with Crippen LogP contribution in [0.15, 0.2) is 48.0 Å². The third kappa shape index (κ3) is 3.16. The summed E-state index contributed by atoms with van der Waals surface area (Å²) >= 11 is 1.67. The molecule has 21 heavy (non-hydrogen) atoms. The number of aryl methyl sites for hydroxylation is 1. The molecule has 1 unspecified atom stereocenters. The second kappa shape index (κ2) is 6.14. The summed E-state index contributed by atoms with van der Waals surface area (Å²) in [5, 5.41) is 6.29. The number of hydrogen-bond donors (Lipinski definition) is 2. The van der Waals surface area contributed by atoms with E-state index in [1.807, 2.05) is 36.7 Å². The van der Waals surface area contributed by atoms with Crippen molar-refractivity contribution in [3.05, 3.63) is 58.4 Å². The quantitative estimate of drug-likeness (QED) is 0.733. The summed E-state index contributed by atoms with van der Waals surface area (Å²) < 4.78 is 0. The standard InChI is InChI=1S/C17H18N2OS/c1-12(16-7-4-10-21-16)19-17(20)9-8-13-11-18-15-6-3-2-5-14(13)15/h2-7,10-12,18H,8-9H2,1H3,(H,19,20). The molecule has 3 rings (SSSR count). The monoisotopic (exact) mass is 298 g/mol. The van der Waals surface area contributed by atoms with Crippen molar-refractivity contribution in [3.63, 3.8) is 0 Å². The van der Waals surface area contributed by atoms with Gasteiger partial charge in [0.1, 0.15) is 0 Å². The van der Waals surface area contributed by atoms with Crippen molar-refractivity contribution in [2.45, 2.75) is 25.8 Å². The Morgan fingerprint density at radius 3 is 2.95 bits per heavy atom. The summed E-state index contributed by atoms with van der Waals surface area (Å²) in [6.07, 6.45) is 3.27. The number of fused-ring (bicyclic) bond motifs is 1. The lowest BCUT2D eigenvalue weighted by Gasteiger charge is -2.11. The Morgan fingerprint density at radius 1 is 1.29 bits per heavy atom. The molecule has 0 spiro atoms. The van der Waals surface area contributed by atoms with Crippen LogP contribution in [0.25, 0.3) is 10.9 Å². The van der Waals surface area contributed by atoms with Crippen molar-refractivity contribution in [3.8, 4) is 0 Å². The van der Waals surface area contributed by atoms with E-state index >= 15 is 0 Å². The number of para-hydroxylation sites is 1. The van der Waals surface area contributed by atoms with Crippen LogP contribution in [0, 0.1) is 0 Å². The molecule has 0 radical (unpaired) electrons. The predicted octanol–water partition coefficient (Wildman–Crippen LogP) is 4.04. The van der Waals surface area contributed by atoms with Gasteiger partial charge in [-0.1, -0.05) is 24.3 Å². The molecule has 1 aromatic carbocycles. The van der Waals surface area contributed by atoms with Crippen LogP contribution >= 0.6 is 11.3 Å². The Labute approximate surface area is 128 Å². The first-order valence-corrected chi connectivity index (χ1v) is 8.00. The molecule has 0 aliphatic rings. The molecule has 1 atom stereocenters. The Hall–Kier alpha value is -2.07. The summed E-state index contributed by atoms with van der Waals surface area (Å²) in [7, 11) is 0. The zero-order valence-electron chi connectivity index (χ0n) is 11.9. The first-order chi connectivity index (χ1) is 10.2. The highest BCUT2D eigenvalue weighted by Crippen LogP contribution is 2.20. The lowest BCUT2D eigenvalue weighted by molar-refractivity contribution is -0.121. The molecule has 0 saturated carbocycles. The van der Waals surface area contributed by atoms with Gasteiger partial charge < -0.3 is 10.3 Å². The molecular weight excluding hydrogens is 280 g/mol. The van der Waals surface area contributed by atoms with Gasteiger partial charge in [0.2, 0.25) is 5.91 Å². The second-order valence-corrected chi connectivity index (χ2v) is 6.14. The zero-order chi connectivity index (χ0) is 14.7. The molecule has 1 amide bonds. The number of carbonyl (C=O) groups excluding carboxylic acids is 1. The van der Waals surface area contributed by atoms with Crippen molar-refractivity contribution in [1.29, 1.82) is 0 Å². The maximum atomic E-state index is 12.1. The van der Waals surface area contributed by atoms with Crippen molar-refractivity contribution in [2.75, 3.05) is 0 Å². The van der Waals surface area contributed by atoms with Crippen LogP contribution in [0.4, 0.5) is 0 Å². The fourth-order valence-electron chi connectivity index (χ4n) is 2.51. The van der Waals surface area contributed by atoms with E-state index in [-0.39, 0.29) is 11.9 Å². The van der Waals surface area contributed by atoms with E-state index in [2.05, 4.69) is 28.5 Å². The predicted molar refractivity (Wildman–Crippen MR) is 87.5 cm³/mol. The molecule has 4 heteroatoms. The molecule has 2 heterocycles. The van der Waals surface area contributed by atoms with Gasteiger partial charge in [-0.25, -0.2) is 0 Å². The Bertz CT molecular complexity index is 730. The summed E-state index contributed by atoms with van der Waals surface area (Å²) in [4.78, 5) is 16.5. The van der Waals surface area contributed by atoms with E-state index in [1.165, 1.54) is 15.8 Å². The molecule has 0 saturated heterocycles. The minimum atomic E-state index is 0.0838. The molecule has 2 aromatic heterocycles. The van der Waals surface area contributed by atoms with Gasteiger partial charge in [0.25, 0.3) is 0 Å². The van der Waals surface area contributed by atoms with Gasteiger partial charge >= 0.3 is 0 Å². The molecule has 108 valence electrons. The van der Waals surface area contributed by atoms with E-state index in [9.17, 15) is 4.79 Å². The maximum absolute atomic E-state index is 12.1. The largest absolute Gasteiger partial charge is 0.361 e. The van der Waals surface area contributed by atoms with Gasteiger partial charge in [0.15, 0.2) is 0 Å². The van der Waals surface area contributed by atoms with Gasteiger partial charge in [0.05, 0.1) is 6.04 Å². The minimum Gasteiger partial charge on any atom is -0.361 e. The first kappa shape index (κ1) is 13.9. The average Bonchev–Trinajstić information content (AvgIpc) is 3.15. The fourth-order valence-corrected chi connectivity index (χ4v) is 3.24. The van der Waals surface area contributed by atoms with E-state index < -0.39 is 0 Å². The zero-order valence-corrected chi connectivity index (χ0v) is 12.7. The van der Waals surface area contributed by atoms with Gasteiger partial charge in [0, 0.05) is 28.4 Å². The fraction of sp³-hybridized carbons (Fsp3) is 0.235. The maximum Gasteiger partial charge on any atom is 0.220 e. The molecular formula is C17H18N2OS. The molecule has 0 aliphatic heterocycles. The number of amides is 1. The summed E-state index contributed by atoms with van der Waals surface area (Å²) in [6, 6.07) is 12.3. The molecule has 3 nitrogen and oxygen atoms in total. The summed E-state index contributed by atoms with van der Waals surface area (Å²) in [6.45, 7) is 2.02. The van der Waals surface area contributed by atoms with E-state index in [1.54, 1.807) is 11.3 Å². The van der Waals surface area contributed by atoms with Gasteiger partial charge in [-0.15, -0.1) is 11.3 Å². The molecule has 0 aliphatic carbocycles. The number of rotatable bonds is 5. The number of carbonyl (C=O) groups is 1. The molecule has 2 N–H and O–H groups in total. The minimum absolute atomic E-state index is 0.0838. The smallest absolute Gasteiger partial charge is 0.220 e. The van der Waals surface area contributed by atoms with Crippen molar-refractivity contribution in [2.24, 2.45) is 0 Å². The van der Waals surface area contributed by atoms with Crippen LogP contribution in [-0.4, -0.2) is 10.9 Å². The van der Waals surface area contributed by atoms with Crippen molar-refractivity contribution < 1.29 is 4.79 Å². The van der Waals surface area contributed by atoms with Gasteiger partial charge in [-0.05, 0) is 36.4 Å². The Balaban J connectivity index is 1.58. The average molecular weight is 298 g/mol. The van der Waals surface area contributed by atoms with Gasteiger partial charge in [-0.3, -0.25) is 4.79 Å². The topological polar surface area (TPSA) is 44.9 Å². The highest BCUT2D eigenvalue weighted by Gasteiger charge is 2.11. The number of hydrogen-bond acceptors (Lipinski definition) is 2. The normalized spacial score (nSPS) is 12.4.